The zero-order chi connectivity index (χ0) is 25.9. The first kappa shape index (κ1) is 24.5. The van der Waals surface area contributed by atoms with Crippen LogP contribution in [0.4, 0.5) is 11.4 Å². The van der Waals surface area contributed by atoms with Gasteiger partial charge in [-0.15, -0.1) is 0 Å². The zero-order valence-corrected chi connectivity index (χ0v) is 21.4. The fourth-order valence-electron chi connectivity index (χ4n) is 4.34. The van der Waals surface area contributed by atoms with Gasteiger partial charge in [0, 0.05) is 55.2 Å². The summed E-state index contributed by atoms with van der Waals surface area (Å²) in [6.45, 7) is 3.39. The molecule has 3 aromatic carbocycles. The monoisotopic (exact) mass is 514 g/mol. The van der Waals surface area contributed by atoms with Gasteiger partial charge in [0.25, 0.3) is 11.8 Å². The Labute approximate surface area is 220 Å². The highest BCUT2D eigenvalue weighted by molar-refractivity contribution is 6.35. The number of nitrogens with zero attached hydrogens (tertiary/aromatic N) is 4. The maximum absolute atomic E-state index is 12.8. The van der Waals surface area contributed by atoms with Gasteiger partial charge in [0.2, 0.25) is 0 Å². The molecule has 0 fully saturated rings. The van der Waals surface area contributed by atoms with E-state index in [4.69, 9.17) is 11.6 Å². The first-order valence-corrected chi connectivity index (χ1v) is 12.4. The van der Waals surface area contributed by atoms with Gasteiger partial charge in [-0.05, 0) is 66.7 Å². The van der Waals surface area contributed by atoms with E-state index in [1.165, 1.54) is 6.07 Å². The van der Waals surface area contributed by atoms with Crippen LogP contribution >= 0.6 is 11.6 Å². The summed E-state index contributed by atoms with van der Waals surface area (Å²) in [5.41, 5.74) is 3.95. The molecule has 0 saturated heterocycles. The van der Waals surface area contributed by atoms with Crippen LogP contribution in [0.3, 0.4) is 0 Å². The van der Waals surface area contributed by atoms with Gasteiger partial charge in [-0.2, -0.15) is 0 Å². The van der Waals surface area contributed by atoms with Gasteiger partial charge in [0.05, 0.1) is 23.7 Å². The van der Waals surface area contributed by atoms with Crippen molar-refractivity contribution in [3.63, 3.8) is 0 Å². The minimum atomic E-state index is -0.351. The number of carbonyl (C=O) groups is 2. The number of carbonyl (C=O) groups excluding carboxylic acids is 2. The van der Waals surface area contributed by atoms with Crippen molar-refractivity contribution in [2.75, 3.05) is 50.9 Å². The van der Waals surface area contributed by atoms with E-state index < -0.39 is 0 Å². The van der Waals surface area contributed by atoms with E-state index in [-0.39, 0.29) is 22.4 Å². The fourth-order valence-corrected chi connectivity index (χ4v) is 4.60. The molecule has 9 heteroatoms. The van der Waals surface area contributed by atoms with Crippen LogP contribution in [0, 0.1) is 0 Å². The van der Waals surface area contributed by atoms with Crippen molar-refractivity contribution < 1.29 is 9.59 Å². The Balaban J connectivity index is 1.22. The summed E-state index contributed by atoms with van der Waals surface area (Å²) in [4.78, 5) is 38.8. The molecule has 0 radical (unpaired) electrons. The van der Waals surface area contributed by atoms with Crippen LogP contribution < -0.4 is 10.6 Å². The Morgan fingerprint density at radius 3 is 1.65 bits per heavy atom. The third-order valence-corrected chi connectivity index (χ3v) is 6.71. The normalized spacial score (nSPS) is 14.9. The van der Waals surface area contributed by atoms with E-state index in [9.17, 15) is 9.59 Å². The lowest BCUT2D eigenvalue weighted by atomic mass is 10.1. The van der Waals surface area contributed by atoms with Gasteiger partial charge in [0.1, 0.15) is 11.7 Å². The summed E-state index contributed by atoms with van der Waals surface area (Å²) in [6.07, 6.45) is 0. The molecule has 0 aliphatic carbocycles. The van der Waals surface area contributed by atoms with Gasteiger partial charge < -0.3 is 20.4 Å². The maximum atomic E-state index is 12.8. The van der Waals surface area contributed by atoms with Crippen molar-refractivity contribution in [3.05, 3.63) is 94.0 Å². The molecule has 2 N–H and O–H groups in total. The molecule has 0 bridgehead atoms. The number of rotatable bonds is 6. The molecular weight excluding hydrogens is 488 g/mol. The molecule has 0 saturated carbocycles. The standard InChI is InChI=1S/C28H27ClN6O2/c1-34-15-13-30-25(34)18-3-8-21(9-4-18)32-27(36)20-7-12-23(24(29)17-20)28(37)33-22-10-5-19(6-11-22)26-31-14-16-35(26)2/h3-12,17H,13-16H2,1-2H3,(H,32,36)(H,33,37). The van der Waals surface area contributed by atoms with E-state index in [0.717, 1.165) is 49.0 Å². The van der Waals surface area contributed by atoms with Crippen LogP contribution in [-0.2, 0) is 0 Å². The summed E-state index contributed by atoms with van der Waals surface area (Å²) in [7, 11) is 4.02. The SMILES string of the molecule is CN1CCN=C1c1ccc(NC(=O)c2ccc(C(=O)Nc3ccc(C4=NCCN4C)cc3)c(Cl)c2)cc1. The zero-order valence-electron chi connectivity index (χ0n) is 20.7. The van der Waals surface area contributed by atoms with E-state index in [2.05, 4.69) is 30.4 Å². The molecule has 188 valence electrons. The third-order valence-electron chi connectivity index (χ3n) is 6.39. The number of likely N-dealkylation sites (N-methyl/N-ethyl adjacent to an activating group) is 2. The summed E-state index contributed by atoms with van der Waals surface area (Å²) in [6, 6.07) is 19.7. The lowest BCUT2D eigenvalue weighted by molar-refractivity contribution is 0.101. The highest BCUT2D eigenvalue weighted by Crippen LogP contribution is 2.22. The van der Waals surface area contributed by atoms with Crippen molar-refractivity contribution in [2.24, 2.45) is 9.98 Å². The van der Waals surface area contributed by atoms with Crippen LogP contribution in [0.25, 0.3) is 0 Å². The predicted molar refractivity (Wildman–Crippen MR) is 148 cm³/mol. The lowest BCUT2D eigenvalue weighted by Crippen LogP contribution is -2.23. The van der Waals surface area contributed by atoms with Gasteiger partial charge >= 0.3 is 0 Å². The first-order valence-electron chi connectivity index (χ1n) is 12.0. The smallest absolute Gasteiger partial charge is 0.257 e. The molecule has 37 heavy (non-hydrogen) atoms. The van der Waals surface area contributed by atoms with Crippen molar-refractivity contribution >= 4 is 46.5 Å². The Hall–Kier alpha value is -4.17. The summed E-state index contributed by atoms with van der Waals surface area (Å²) < 4.78 is 0. The molecule has 5 rings (SSSR count). The van der Waals surface area contributed by atoms with Crippen LogP contribution in [0.1, 0.15) is 31.8 Å². The third kappa shape index (κ3) is 5.34. The Bertz CT molecular complexity index is 1400. The average Bonchev–Trinajstić information content (AvgIpc) is 3.52. The Morgan fingerprint density at radius 2 is 1.22 bits per heavy atom. The molecule has 0 aromatic heterocycles. The molecule has 8 nitrogen and oxygen atoms in total. The molecule has 0 unspecified atom stereocenters. The quantitative estimate of drug-likeness (QED) is 0.515. The van der Waals surface area contributed by atoms with E-state index in [0.29, 0.717) is 16.9 Å². The number of amidine groups is 2. The van der Waals surface area contributed by atoms with Gasteiger partial charge in [-0.25, -0.2) is 0 Å². The number of hydrogen-bond donors (Lipinski definition) is 2. The molecular formula is C28H27ClN6O2. The molecule has 3 aromatic rings. The second kappa shape index (κ2) is 10.4. The van der Waals surface area contributed by atoms with Crippen molar-refractivity contribution in [2.45, 2.75) is 0 Å². The van der Waals surface area contributed by atoms with Gasteiger partial charge in [-0.1, -0.05) is 11.6 Å². The maximum Gasteiger partial charge on any atom is 0.257 e. The number of aliphatic imine (C=N–C) groups is 2. The van der Waals surface area contributed by atoms with Crippen molar-refractivity contribution in [3.8, 4) is 0 Å². The topological polar surface area (TPSA) is 89.4 Å². The summed E-state index contributed by atoms with van der Waals surface area (Å²) >= 11 is 6.39. The molecule has 0 spiro atoms. The fraction of sp³-hybridized carbons (Fsp3) is 0.214. The molecule has 2 aliphatic heterocycles. The highest BCUT2D eigenvalue weighted by atomic mass is 35.5. The molecule has 2 heterocycles. The van der Waals surface area contributed by atoms with E-state index >= 15 is 0 Å². The number of nitrogens with one attached hydrogen (secondary N) is 2. The number of benzene rings is 3. The van der Waals surface area contributed by atoms with E-state index in [1.807, 2.05) is 62.6 Å². The van der Waals surface area contributed by atoms with Gasteiger partial charge in [0.15, 0.2) is 0 Å². The Kier molecular flexibility index (Phi) is 6.92. The lowest BCUT2D eigenvalue weighted by Gasteiger charge is -2.14. The van der Waals surface area contributed by atoms with Crippen LogP contribution in [0.2, 0.25) is 5.02 Å². The number of amides is 2. The number of halogens is 1. The van der Waals surface area contributed by atoms with Crippen molar-refractivity contribution in [1.29, 1.82) is 0 Å². The second-order valence-electron chi connectivity index (χ2n) is 9.01. The minimum absolute atomic E-state index is 0.196. The molecule has 2 aliphatic rings. The minimum Gasteiger partial charge on any atom is -0.358 e. The van der Waals surface area contributed by atoms with E-state index in [1.54, 1.807) is 12.1 Å². The molecule has 0 atom stereocenters. The van der Waals surface area contributed by atoms with Crippen molar-refractivity contribution in [1.82, 2.24) is 9.80 Å². The van der Waals surface area contributed by atoms with Crippen LogP contribution in [0.15, 0.2) is 76.7 Å². The average molecular weight is 515 g/mol. The van der Waals surface area contributed by atoms with Crippen LogP contribution in [-0.4, -0.2) is 73.6 Å². The summed E-state index contributed by atoms with van der Waals surface area (Å²) in [5, 5.41) is 5.92. The largest absolute Gasteiger partial charge is 0.358 e. The first-order chi connectivity index (χ1) is 17.9. The Morgan fingerprint density at radius 1 is 0.730 bits per heavy atom. The highest BCUT2D eigenvalue weighted by Gasteiger charge is 2.17. The molecule has 2 amide bonds. The second-order valence-corrected chi connectivity index (χ2v) is 9.42. The number of hydrogen-bond acceptors (Lipinski definition) is 6. The summed E-state index contributed by atoms with van der Waals surface area (Å²) in [5.74, 6) is 1.23. The van der Waals surface area contributed by atoms with Crippen LogP contribution in [0.5, 0.6) is 0 Å². The van der Waals surface area contributed by atoms with Gasteiger partial charge in [-0.3, -0.25) is 19.6 Å². The predicted octanol–water partition coefficient (Wildman–Crippen LogP) is 4.23. The number of anilines is 2.